The van der Waals surface area contributed by atoms with Gasteiger partial charge >= 0.3 is 0 Å². The van der Waals surface area contributed by atoms with Crippen LogP contribution in [-0.4, -0.2) is 16.6 Å². The van der Waals surface area contributed by atoms with Crippen molar-refractivity contribution in [3.8, 4) is 0 Å². The Morgan fingerprint density at radius 1 is 1.24 bits per heavy atom. The molecule has 0 amide bonds. The van der Waals surface area contributed by atoms with Crippen LogP contribution in [0.1, 0.15) is 28.7 Å². The first-order valence-corrected chi connectivity index (χ1v) is 5.86. The number of hydrogen-bond acceptors (Lipinski definition) is 2. The average molecular weight is 229 g/mol. The normalized spacial score (nSPS) is 12.7. The lowest BCUT2D eigenvalue weighted by Gasteiger charge is -2.19. The fraction of sp³-hybridized carbons (Fsp3) is 0.357. The molecular weight excluding hydrogens is 210 g/mol. The van der Waals surface area contributed by atoms with Crippen molar-refractivity contribution in [3.05, 3.63) is 53.1 Å². The Kier molecular flexibility index (Phi) is 3.29. The van der Waals surface area contributed by atoms with Gasteiger partial charge in [0, 0.05) is 7.05 Å². The van der Waals surface area contributed by atoms with E-state index in [9.17, 15) is 0 Å². The standard InChI is InChI=1S/C14H19N3/c1-10-7-5-6-8-12(10)14(15-3)13-9-16-11(2)17(13)4/h5-9,14-15H,1-4H3. The first-order valence-electron chi connectivity index (χ1n) is 5.86. The second-order valence-corrected chi connectivity index (χ2v) is 4.37. The predicted molar refractivity (Wildman–Crippen MR) is 70.0 cm³/mol. The van der Waals surface area contributed by atoms with Crippen LogP contribution in [0.3, 0.4) is 0 Å². The Bertz CT molecular complexity index is 514. The molecule has 2 aromatic rings. The first kappa shape index (κ1) is 11.9. The van der Waals surface area contributed by atoms with Crippen LogP contribution in [0.5, 0.6) is 0 Å². The van der Waals surface area contributed by atoms with Gasteiger partial charge in [-0.2, -0.15) is 0 Å². The van der Waals surface area contributed by atoms with E-state index in [1.807, 2.05) is 20.2 Å². The minimum atomic E-state index is 0.197. The van der Waals surface area contributed by atoms with Gasteiger partial charge in [0.05, 0.1) is 17.9 Å². The highest BCUT2D eigenvalue weighted by Crippen LogP contribution is 2.24. The van der Waals surface area contributed by atoms with Gasteiger partial charge in [-0.3, -0.25) is 0 Å². The molecule has 1 N–H and O–H groups in total. The summed E-state index contributed by atoms with van der Waals surface area (Å²) in [5.74, 6) is 1.04. The fourth-order valence-electron chi connectivity index (χ4n) is 2.16. The zero-order valence-corrected chi connectivity index (χ0v) is 10.9. The van der Waals surface area contributed by atoms with Crippen molar-refractivity contribution in [2.24, 2.45) is 7.05 Å². The van der Waals surface area contributed by atoms with E-state index < -0.39 is 0 Å². The van der Waals surface area contributed by atoms with E-state index >= 15 is 0 Å². The summed E-state index contributed by atoms with van der Waals surface area (Å²) in [5, 5.41) is 3.37. The highest BCUT2D eigenvalue weighted by atomic mass is 15.1. The summed E-state index contributed by atoms with van der Waals surface area (Å²) >= 11 is 0. The Morgan fingerprint density at radius 2 is 1.94 bits per heavy atom. The maximum absolute atomic E-state index is 4.36. The number of aromatic nitrogens is 2. The Labute approximate surface area is 103 Å². The van der Waals surface area contributed by atoms with Crippen LogP contribution < -0.4 is 5.32 Å². The molecule has 0 saturated heterocycles. The first-order chi connectivity index (χ1) is 8.15. The molecule has 1 aromatic carbocycles. The minimum absolute atomic E-state index is 0.197. The summed E-state index contributed by atoms with van der Waals surface area (Å²) in [6, 6.07) is 8.65. The van der Waals surface area contributed by atoms with Crippen LogP contribution in [-0.2, 0) is 7.05 Å². The second kappa shape index (κ2) is 4.72. The maximum atomic E-state index is 4.36. The van der Waals surface area contributed by atoms with Crippen LogP contribution in [0.2, 0.25) is 0 Å². The third-order valence-electron chi connectivity index (χ3n) is 3.34. The highest BCUT2D eigenvalue weighted by molar-refractivity contribution is 5.34. The molecule has 0 saturated carbocycles. The summed E-state index contributed by atoms with van der Waals surface area (Å²) < 4.78 is 2.13. The number of nitrogens with zero attached hydrogens (tertiary/aromatic N) is 2. The van der Waals surface area contributed by atoms with Crippen molar-refractivity contribution in [1.82, 2.24) is 14.9 Å². The zero-order valence-electron chi connectivity index (χ0n) is 10.9. The van der Waals surface area contributed by atoms with E-state index in [2.05, 4.69) is 53.1 Å². The number of rotatable bonds is 3. The van der Waals surface area contributed by atoms with Crippen LogP contribution in [0, 0.1) is 13.8 Å². The molecule has 0 radical (unpaired) electrons. The molecule has 1 unspecified atom stereocenters. The maximum Gasteiger partial charge on any atom is 0.105 e. The van der Waals surface area contributed by atoms with Gasteiger partial charge in [-0.25, -0.2) is 4.98 Å². The average Bonchev–Trinajstić information content (AvgIpc) is 2.65. The lowest BCUT2D eigenvalue weighted by molar-refractivity contribution is 0.629. The Morgan fingerprint density at radius 3 is 2.47 bits per heavy atom. The largest absolute Gasteiger partial charge is 0.334 e. The van der Waals surface area contributed by atoms with Gasteiger partial charge in [0.15, 0.2) is 0 Å². The predicted octanol–water partition coefficient (Wildman–Crippen LogP) is 2.35. The van der Waals surface area contributed by atoms with Crippen molar-refractivity contribution >= 4 is 0 Å². The summed E-state index contributed by atoms with van der Waals surface area (Å²) in [6.07, 6.45) is 1.95. The molecule has 3 nitrogen and oxygen atoms in total. The summed E-state index contributed by atoms with van der Waals surface area (Å²) in [4.78, 5) is 4.36. The number of nitrogens with one attached hydrogen (secondary N) is 1. The van der Waals surface area contributed by atoms with E-state index in [1.165, 1.54) is 16.8 Å². The number of hydrogen-bond donors (Lipinski definition) is 1. The fourth-order valence-corrected chi connectivity index (χ4v) is 2.16. The molecule has 1 heterocycles. The number of benzene rings is 1. The summed E-state index contributed by atoms with van der Waals surface area (Å²) in [5.41, 5.74) is 3.79. The summed E-state index contributed by atoms with van der Waals surface area (Å²) in [6.45, 7) is 4.16. The molecule has 3 heteroatoms. The lowest BCUT2D eigenvalue weighted by Crippen LogP contribution is -2.21. The molecule has 0 spiro atoms. The van der Waals surface area contributed by atoms with E-state index in [1.54, 1.807) is 0 Å². The van der Waals surface area contributed by atoms with E-state index in [0.29, 0.717) is 0 Å². The third kappa shape index (κ3) is 2.11. The van der Waals surface area contributed by atoms with Gasteiger partial charge in [0.2, 0.25) is 0 Å². The molecule has 17 heavy (non-hydrogen) atoms. The van der Waals surface area contributed by atoms with Crippen molar-refractivity contribution in [1.29, 1.82) is 0 Å². The van der Waals surface area contributed by atoms with E-state index in [-0.39, 0.29) is 6.04 Å². The molecule has 1 atom stereocenters. The van der Waals surface area contributed by atoms with Gasteiger partial charge in [0.25, 0.3) is 0 Å². The van der Waals surface area contributed by atoms with Crippen molar-refractivity contribution < 1.29 is 0 Å². The van der Waals surface area contributed by atoms with Gasteiger partial charge in [-0.05, 0) is 32.0 Å². The Hall–Kier alpha value is -1.61. The van der Waals surface area contributed by atoms with Crippen LogP contribution >= 0.6 is 0 Å². The number of imidazole rings is 1. The van der Waals surface area contributed by atoms with E-state index in [0.717, 1.165) is 5.82 Å². The smallest absolute Gasteiger partial charge is 0.105 e. The zero-order chi connectivity index (χ0) is 12.4. The minimum Gasteiger partial charge on any atom is -0.334 e. The van der Waals surface area contributed by atoms with Crippen molar-refractivity contribution in [2.75, 3.05) is 7.05 Å². The molecule has 0 aliphatic carbocycles. The van der Waals surface area contributed by atoms with Gasteiger partial charge < -0.3 is 9.88 Å². The lowest BCUT2D eigenvalue weighted by atomic mass is 9.99. The highest BCUT2D eigenvalue weighted by Gasteiger charge is 2.17. The van der Waals surface area contributed by atoms with E-state index in [4.69, 9.17) is 0 Å². The number of aryl methyl sites for hydroxylation is 2. The van der Waals surface area contributed by atoms with Crippen molar-refractivity contribution in [3.63, 3.8) is 0 Å². The molecule has 0 fully saturated rings. The molecule has 90 valence electrons. The second-order valence-electron chi connectivity index (χ2n) is 4.37. The molecule has 0 bridgehead atoms. The van der Waals surface area contributed by atoms with Gasteiger partial charge in [-0.1, -0.05) is 24.3 Å². The quantitative estimate of drug-likeness (QED) is 0.875. The molecule has 2 rings (SSSR count). The molecular formula is C14H19N3. The van der Waals surface area contributed by atoms with Crippen molar-refractivity contribution in [2.45, 2.75) is 19.9 Å². The van der Waals surface area contributed by atoms with Gasteiger partial charge in [0.1, 0.15) is 5.82 Å². The molecule has 0 aliphatic heterocycles. The van der Waals surface area contributed by atoms with Crippen LogP contribution in [0.4, 0.5) is 0 Å². The van der Waals surface area contributed by atoms with Crippen LogP contribution in [0.15, 0.2) is 30.5 Å². The van der Waals surface area contributed by atoms with Gasteiger partial charge in [-0.15, -0.1) is 0 Å². The van der Waals surface area contributed by atoms with Crippen LogP contribution in [0.25, 0.3) is 0 Å². The molecule has 1 aromatic heterocycles. The molecule has 0 aliphatic rings. The monoisotopic (exact) mass is 229 g/mol. The Balaban J connectivity index is 2.48. The SMILES string of the molecule is CNC(c1ccccc1C)c1cnc(C)n1C. The summed E-state index contributed by atoms with van der Waals surface area (Å²) in [7, 11) is 4.04. The topological polar surface area (TPSA) is 29.9 Å². The third-order valence-corrected chi connectivity index (χ3v) is 3.34.